The van der Waals surface area contributed by atoms with Gasteiger partial charge in [-0.05, 0) is 34.5 Å². The van der Waals surface area contributed by atoms with E-state index in [4.69, 9.17) is 5.73 Å². The van der Waals surface area contributed by atoms with E-state index in [9.17, 15) is 0 Å². The smallest absolute Gasteiger partial charge is 0.106 e. The van der Waals surface area contributed by atoms with E-state index in [1.165, 1.54) is 6.42 Å². The Morgan fingerprint density at radius 3 is 2.92 bits per heavy atom. The quantitative estimate of drug-likeness (QED) is 0.825. The van der Waals surface area contributed by atoms with Crippen molar-refractivity contribution in [2.45, 2.75) is 32.2 Å². The molecule has 0 saturated heterocycles. The molecular formula is C10H15BrN2. The SMILES string of the molecule is CCCC[C@H](N)c1cccc(Br)n1. The van der Waals surface area contributed by atoms with E-state index >= 15 is 0 Å². The van der Waals surface area contributed by atoms with Crippen LogP contribution >= 0.6 is 15.9 Å². The Hall–Kier alpha value is -0.410. The van der Waals surface area contributed by atoms with Crippen LogP contribution in [0.15, 0.2) is 22.8 Å². The molecule has 0 unspecified atom stereocenters. The van der Waals surface area contributed by atoms with Crippen molar-refractivity contribution in [1.29, 1.82) is 0 Å². The largest absolute Gasteiger partial charge is 0.323 e. The first-order chi connectivity index (χ1) is 6.24. The molecule has 0 saturated carbocycles. The Labute approximate surface area is 87.7 Å². The molecule has 0 bridgehead atoms. The molecule has 2 N–H and O–H groups in total. The summed E-state index contributed by atoms with van der Waals surface area (Å²) in [5.74, 6) is 0. The minimum atomic E-state index is 0.0810. The van der Waals surface area contributed by atoms with Crippen LogP contribution in [0.4, 0.5) is 0 Å². The number of pyridine rings is 1. The van der Waals surface area contributed by atoms with Crippen molar-refractivity contribution in [1.82, 2.24) is 4.98 Å². The van der Waals surface area contributed by atoms with E-state index in [2.05, 4.69) is 27.8 Å². The van der Waals surface area contributed by atoms with Crippen molar-refractivity contribution >= 4 is 15.9 Å². The number of nitrogens with two attached hydrogens (primary N) is 1. The average Bonchev–Trinajstić information content (AvgIpc) is 2.14. The van der Waals surface area contributed by atoms with Crippen molar-refractivity contribution in [2.24, 2.45) is 5.73 Å². The van der Waals surface area contributed by atoms with Crippen molar-refractivity contribution in [3.05, 3.63) is 28.5 Å². The van der Waals surface area contributed by atoms with Gasteiger partial charge in [-0.2, -0.15) is 0 Å². The van der Waals surface area contributed by atoms with Gasteiger partial charge in [0.2, 0.25) is 0 Å². The van der Waals surface area contributed by atoms with Gasteiger partial charge in [-0.1, -0.05) is 25.8 Å². The summed E-state index contributed by atoms with van der Waals surface area (Å²) in [7, 11) is 0. The molecule has 0 spiro atoms. The Balaban J connectivity index is 2.60. The number of aromatic nitrogens is 1. The van der Waals surface area contributed by atoms with E-state index < -0.39 is 0 Å². The normalized spacial score (nSPS) is 12.8. The second kappa shape index (κ2) is 5.35. The number of halogens is 1. The number of hydrogen-bond donors (Lipinski definition) is 1. The zero-order valence-electron chi connectivity index (χ0n) is 7.83. The fraction of sp³-hybridized carbons (Fsp3) is 0.500. The first-order valence-electron chi connectivity index (χ1n) is 4.62. The molecule has 0 aromatic carbocycles. The zero-order valence-corrected chi connectivity index (χ0v) is 9.42. The maximum absolute atomic E-state index is 5.97. The van der Waals surface area contributed by atoms with Gasteiger partial charge >= 0.3 is 0 Å². The molecule has 13 heavy (non-hydrogen) atoms. The molecule has 0 amide bonds. The zero-order chi connectivity index (χ0) is 9.68. The van der Waals surface area contributed by atoms with Crippen LogP contribution in [-0.2, 0) is 0 Å². The van der Waals surface area contributed by atoms with Crippen LogP contribution in [0, 0.1) is 0 Å². The topological polar surface area (TPSA) is 38.9 Å². The van der Waals surface area contributed by atoms with Gasteiger partial charge in [-0.25, -0.2) is 4.98 Å². The van der Waals surface area contributed by atoms with Crippen molar-refractivity contribution in [2.75, 3.05) is 0 Å². The van der Waals surface area contributed by atoms with Crippen LogP contribution in [0.3, 0.4) is 0 Å². The number of hydrogen-bond acceptors (Lipinski definition) is 2. The highest BCUT2D eigenvalue weighted by Gasteiger charge is 2.06. The summed E-state index contributed by atoms with van der Waals surface area (Å²) < 4.78 is 0.858. The van der Waals surface area contributed by atoms with Gasteiger partial charge in [-0.3, -0.25) is 0 Å². The van der Waals surface area contributed by atoms with E-state index in [0.29, 0.717) is 0 Å². The van der Waals surface area contributed by atoms with E-state index in [1.807, 2.05) is 18.2 Å². The predicted molar refractivity (Wildman–Crippen MR) is 58.4 cm³/mol. The summed E-state index contributed by atoms with van der Waals surface area (Å²) >= 11 is 3.33. The molecule has 0 aliphatic rings. The van der Waals surface area contributed by atoms with Crippen molar-refractivity contribution in [3.8, 4) is 0 Å². The Kier molecular flexibility index (Phi) is 4.39. The molecule has 72 valence electrons. The monoisotopic (exact) mass is 242 g/mol. The highest BCUT2D eigenvalue weighted by molar-refractivity contribution is 9.10. The number of rotatable bonds is 4. The third-order valence-electron chi connectivity index (χ3n) is 1.99. The van der Waals surface area contributed by atoms with Crippen LogP contribution in [0.5, 0.6) is 0 Å². The molecule has 3 heteroatoms. The first kappa shape index (κ1) is 10.7. The van der Waals surface area contributed by atoms with Gasteiger partial charge in [0.15, 0.2) is 0 Å². The number of nitrogens with zero attached hydrogens (tertiary/aromatic N) is 1. The lowest BCUT2D eigenvalue weighted by atomic mass is 10.1. The Morgan fingerprint density at radius 1 is 1.54 bits per heavy atom. The van der Waals surface area contributed by atoms with Gasteiger partial charge < -0.3 is 5.73 Å². The van der Waals surface area contributed by atoms with Crippen LogP contribution in [-0.4, -0.2) is 4.98 Å². The Bertz CT molecular complexity index is 263. The fourth-order valence-electron chi connectivity index (χ4n) is 1.20. The second-order valence-electron chi connectivity index (χ2n) is 3.13. The van der Waals surface area contributed by atoms with E-state index in [-0.39, 0.29) is 6.04 Å². The summed E-state index contributed by atoms with van der Waals surface area (Å²) in [6, 6.07) is 5.94. The van der Waals surface area contributed by atoms with Crippen LogP contribution < -0.4 is 5.73 Å². The molecule has 1 atom stereocenters. The lowest BCUT2D eigenvalue weighted by Crippen LogP contribution is -2.11. The lowest BCUT2D eigenvalue weighted by Gasteiger charge is -2.09. The first-order valence-corrected chi connectivity index (χ1v) is 5.41. The molecule has 0 fully saturated rings. The lowest BCUT2D eigenvalue weighted by molar-refractivity contribution is 0.589. The molecule has 0 aliphatic carbocycles. The summed E-state index contributed by atoms with van der Waals surface area (Å²) in [4.78, 5) is 4.32. The highest BCUT2D eigenvalue weighted by atomic mass is 79.9. The number of unbranched alkanes of at least 4 members (excludes halogenated alkanes) is 1. The average molecular weight is 243 g/mol. The van der Waals surface area contributed by atoms with Crippen molar-refractivity contribution < 1.29 is 0 Å². The van der Waals surface area contributed by atoms with Gasteiger partial charge in [-0.15, -0.1) is 0 Å². The molecule has 1 heterocycles. The summed E-state index contributed by atoms with van der Waals surface area (Å²) in [5, 5.41) is 0. The Morgan fingerprint density at radius 2 is 2.31 bits per heavy atom. The molecule has 0 radical (unpaired) electrons. The third-order valence-corrected chi connectivity index (χ3v) is 2.43. The van der Waals surface area contributed by atoms with Crippen LogP contribution in [0.25, 0.3) is 0 Å². The van der Waals surface area contributed by atoms with Crippen LogP contribution in [0.2, 0.25) is 0 Å². The van der Waals surface area contributed by atoms with Gasteiger partial charge in [0.1, 0.15) is 4.60 Å². The highest BCUT2D eigenvalue weighted by Crippen LogP contribution is 2.16. The van der Waals surface area contributed by atoms with E-state index in [0.717, 1.165) is 23.1 Å². The summed E-state index contributed by atoms with van der Waals surface area (Å²) in [6.07, 6.45) is 3.36. The summed E-state index contributed by atoms with van der Waals surface area (Å²) in [6.45, 7) is 2.17. The predicted octanol–water partition coefficient (Wildman–Crippen LogP) is 3.03. The second-order valence-corrected chi connectivity index (χ2v) is 3.95. The molecule has 1 aromatic rings. The third kappa shape index (κ3) is 3.44. The standard InChI is InChI=1S/C10H15BrN2/c1-2-3-5-8(12)9-6-4-7-10(11)13-9/h4,6-8H,2-3,5,12H2,1H3/t8-/m0/s1. The maximum Gasteiger partial charge on any atom is 0.106 e. The summed E-state index contributed by atoms with van der Waals surface area (Å²) in [5.41, 5.74) is 6.94. The van der Waals surface area contributed by atoms with Gasteiger partial charge in [0.25, 0.3) is 0 Å². The minimum absolute atomic E-state index is 0.0810. The van der Waals surface area contributed by atoms with Crippen molar-refractivity contribution in [3.63, 3.8) is 0 Å². The van der Waals surface area contributed by atoms with Gasteiger partial charge in [0.05, 0.1) is 5.69 Å². The van der Waals surface area contributed by atoms with E-state index in [1.54, 1.807) is 0 Å². The fourth-order valence-corrected chi connectivity index (χ4v) is 1.56. The molecule has 1 rings (SSSR count). The molecule has 0 aliphatic heterocycles. The molecule has 1 aromatic heterocycles. The maximum atomic E-state index is 5.97. The van der Waals surface area contributed by atoms with Gasteiger partial charge in [0, 0.05) is 6.04 Å². The minimum Gasteiger partial charge on any atom is -0.323 e. The molecule has 2 nitrogen and oxygen atoms in total. The molecular weight excluding hydrogens is 228 g/mol. The van der Waals surface area contributed by atoms with Crippen LogP contribution in [0.1, 0.15) is 37.9 Å².